The van der Waals surface area contributed by atoms with E-state index in [2.05, 4.69) is 5.32 Å². The number of ether oxygens (including phenoxy) is 1. The molecule has 1 aromatic rings. The van der Waals surface area contributed by atoms with Gasteiger partial charge in [0, 0.05) is 6.04 Å². The number of benzene rings is 1. The maximum Gasteiger partial charge on any atom is 0.229 e. The van der Waals surface area contributed by atoms with Crippen LogP contribution in [0.4, 0.5) is 5.69 Å². The number of methoxy groups -OCH3 is 1. The van der Waals surface area contributed by atoms with Crippen molar-refractivity contribution in [1.29, 1.82) is 0 Å². The summed E-state index contributed by atoms with van der Waals surface area (Å²) in [6.07, 6.45) is 5.19. The zero-order valence-corrected chi connectivity index (χ0v) is 11.4. The Morgan fingerprint density at radius 3 is 2.79 bits per heavy atom. The molecule has 1 saturated carbocycles. The van der Waals surface area contributed by atoms with Gasteiger partial charge in [0.05, 0.1) is 18.7 Å². The Labute approximate surface area is 114 Å². The molecule has 104 valence electrons. The fourth-order valence-corrected chi connectivity index (χ4v) is 2.64. The zero-order chi connectivity index (χ0) is 13.7. The normalized spacial score (nSPS) is 23.5. The molecule has 0 spiro atoms. The molecule has 2 rings (SSSR count). The number of nitrogens with one attached hydrogen (secondary N) is 1. The van der Waals surface area contributed by atoms with E-state index in [4.69, 9.17) is 10.5 Å². The van der Waals surface area contributed by atoms with Crippen LogP contribution in [0, 0.1) is 5.92 Å². The number of nitrogens with two attached hydrogens (primary N) is 1. The molecule has 4 heteroatoms. The van der Waals surface area contributed by atoms with Gasteiger partial charge in [0.1, 0.15) is 5.75 Å². The number of rotatable bonds is 3. The summed E-state index contributed by atoms with van der Waals surface area (Å²) in [6, 6.07) is 7.41. The molecular weight excluding hydrogens is 240 g/mol. The van der Waals surface area contributed by atoms with Crippen LogP contribution >= 0.6 is 0 Å². The van der Waals surface area contributed by atoms with Crippen LogP contribution in [-0.2, 0) is 4.79 Å². The first-order valence-corrected chi connectivity index (χ1v) is 6.92. The summed E-state index contributed by atoms with van der Waals surface area (Å²) < 4.78 is 5.24. The lowest BCUT2D eigenvalue weighted by atomic mass is 9.94. The topological polar surface area (TPSA) is 64.3 Å². The van der Waals surface area contributed by atoms with Crippen LogP contribution in [0.2, 0.25) is 0 Å². The van der Waals surface area contributed by atoms with Crippen LogP contribution in [0.5, 0.6) is 5.75 Å². The summed E-state index contributed by atoms with van der Waals surface area (Å²) >= 11 is 0. The van der Waals surface area contributed by atoms with Gasteiger partial charge in [-0.2, -0.15) is 0 Å². The maximum atomic E-state index is 12.4. The van der Waals surface area contributed by atoms with Crippen LogP contribution in [0.3, 0.4) is 0 Å². The third-order valence-electron chi connectivity index (χ3n) is 3.77. The molecule has 2 atom stereocenters. The molecule has 1 aromatic carbocycles. The minimum absolute atomic E-state index is 0.0129. The van der Waals surface area contributed by atoms with Crippen LogP contribution in [0.25, 0.3) is 0 Å². The standard InChI is InChI=1S/C15H22N2O2/c1-19-14-10-6-5-9-13(14)17-15(18)11-7-3-2-4-8-12(11)16/h5-6,9-12H,2-4,7-8,16H2,1H3,(H,17,18). The summed E-state index contributed by atoms with van der Waals surface area (Å²) in [5, 5.41) is 2.95. The van der Waals surface area contributed by atoms with Crippen molar-refractivity contribution in [2.45, 2.75) is 38.1 Å². The van der Waals surface area contributed by atoms with Gasteiger partial charge in [-0.25, -0.2) is 0 Å². The average Bonchev–Trinajstić information content (AvgIpc) is 2.64. The summed E-state index contributed by atoms with van der Waals surface area (Å²) in [5.41, 5.74) is 6.83. The summed E-state index contributed by atoms with van der Waals surface area (Å²) in [5.74, 6) is 0.601. The third kappa shape index (κ3) is 3.47. The van der Waals surface area contributed by atoms with Crippen LogP contribution in [0.1, 0.15) is 32.1 Å². The molecule has 1 aliphatic rings. The molecule has 0 aromatic heterocycles. The molecule has 1 fully saturated rings. The Kier molecular flexibility index (Phi) is 4.80. The molecule has 4 nitrogen and oxygen atoms in total. The fraction of sp³-hybridized carbons (Fsp3) is 0.533. The van der Waals surface area contributed by atoms with Crippen LogP contribution in [0.15, 0.2) is 24.3 Å². The second kappa shape index (κ2) is 6.57. The van der Waals surface area contributed by atoms with Gasteiger partial charge in [0.25, 0.3) is 0 Å². The quantitative estimate of drug-likeness (QED) is 0.823. The number of amides is 1. The Morgan fingerprint density at radius 2 is 2.00 bits per heavy atom. The lowest BCUT2D eigenvalue weighted by Gasteiger charge is -2.21. The average molecular weight is 262 g/mol. The van der Waals surface area contributed by atoms with Gasteiger partial charge >= 0.3 is 0 Å². The first-order chi connectivity index (χ1) is 9.22. The highest BCUT2D eigenvalue weighted by Crippen LogP contribution is 2.27. The minimum Gasteiger partial charge on any atom is -0.495 e. The van der Waals surface area contributed by atoms with E-state index in [1.54, 1.807) is 7.11 Å². The number of carbonyl (C=O) groups is 1. The van der Waals surface area contributed by atoms with Crippen molar-refractivity contribution in [3.05, 3.63) is 24.3 Å². The van der Waals surface area contributed by atoms with E-state index < -0.39 is 0 Å². The summed E-state index contributed by atoms with van der Waals surface area (Å²) in [4.78, 5) is 12.4. The molecular formula is C15H22N2O2. The molecule has 0 heterocycles. The first kappa shape index (κ1) is 13.9. The first-order valence-electron chi connectivity index (χ1n) is 6.92. The lowest BCUT2D eigenvalue weighted by Crippen LogP contribution is -2.37. The van der Waals surface area contributed by atoms with Crippen molar-refractivity contribution >= 4 is 11.6 Å². The number of anilines is 1. The van der Waals surface area contributed by atoms with E-state index in [0.29, 0.717) is 11.4 Å². The second-order valence-corrected chi connectivity index (χ2v) is 5.10. The third-order valence-corrected chi connectivity index (χ3v) is 3.77. The highest BCUT2D eigenvalue weighted by molar-refractivity contribution is 5.94. The Morgan fingerprint density at radius 1 is 1.26 bits per heavy atom. The van der Waals surface area contributed by atoms with Crippen molar-refractivity contribution in [2.75, 3.05) is 12.4 Å². The maximum absolute atomic E-state index is 12.4. The molecule has 3 N–H and O–H groups in total. The van der Waals surface area contributed by atoms with Gasteiger partial charge in [0.15, 0.2) is 0 Å². The van der Waals surface area contributed by atoms with Gasteiger partial charge in [0.2, 0.25) is 5.91 Å². The van der Waals surface area contributed by atoms with Gasteiger partial charge in [-0.05, 0) is 25.0 Å². The van der Waals surface area contributed by atoms with Crippen LogP contribution < -0.4 is 15.8 Å². The fourth-order valence-electron chi connectivity index (χ4n) is 2.64. The molecule has 0 aliphatic heterocycles. The van der Waals surface area contributed by atoms with Gasteiger partial charge in [-0.15, -0.1) is 0 Å². The number of carbonyl (C=O) groups excluding carboxylic acids is 1. The van der Waals surface area contributed by atoms with E-state index in [9.17, 15) is 4.79 Å². The molecule has 1 amide bonds. The largest absolute Gasteiger partial charge is 0.495 e. The van der Waals surface area contributed by atoms with Crippen molar-refractivity contribution < 1.29 is 9.53 Å². The molecule has 0 saturated heterocycles. The summed E-state index contributed by atoms with van der Waals surface area (Å²) in [6.45, 7) is 0. The predicted octanol–water partition coefficient (Wildman–Crippen LogP) is 2.54. The van der Waals surface area contributed by atoms with E-state index in [1.807, 2.05) is 24.3 Å². The number of para-hydroxylation sites is 2. The molecule has 2 unspecified atom stereocenters. The van der Waals surface area contributed by atoms with E-state index >= 15 is 0 Å². The Bertz CT molecular complexity index is 434. The van der Waals surface area contributed by atoms with E-state index in [-0.39, 0.29) is 17.9 Å². The van der Waals surface area contributed by atoms with Crippen molar-refractivity contribution in [3.8, 4) is 5.75 Å². The SMILES string of the molecule is COc1ccccc1NC(=O)C1CCCCCC1N. The van der Waals surface area contributed by atoms with Gasteiger partial charge in [-0.3, -0.25) is 4.79 Å². The van der Waals surface area contributed by atoms with E-state index in [0.717, 1.165) is 25.7 Å². The van der Waals surface area contributed by atoms with Crippen molar-refractivity contribution in [2.24, 2.45) is 11.7 Å². The zero-order valence-electron chi connectivity index (χ0n) is 11.4. The van der Waals surface area contributed by atoms with Crippen molar-refractivity contribution in [1.82, 2.24) is 0 Å². The molecule has 19 heavy (non-hydrogen) atoms. The molecule has 1 aliphatic carbocycles. The van der Waals surface area contributed by atoms with Crippen LogP contribution in [-0.4, -0.2) is 19.1 Å². The second-order valence-electron chi connectivity index (χ2n) is 5.10. The smallest absolute Gasteiger partial charge is 0.229 e. The monoisotopic (exact) mass is 262 g/mol. The summed E-state index contributed by atoms with van der Waals surface area (Å²) in [7, 11) is 1.60. The van der Waals surface area contributed by atoms with Gasteiger partial charge in [-0.1, -0.05) is 31.4 Å². The number of hydrogen-bond acceptors (Lipinski definition) is 3. The van der Waals surface area contributed by atoms with Gasteiger partial charge < -0.3 is 15.8 Å². The highest BCUT2D eigenvalue weighted by Gasteiger charge is 2.27. The number of hydrogen-bond donors (Lipinski definition) is 2. The molecule has 0 bridgehead atoms. The predicted molar refractivity (Wildman–Crippen MR) is 76.2 cm³/mol. The Balaban J connectivity index is 2.07. The van der Waals surface area contributed by atoms with E-state index in [1.165, 1.54) is 6.42 Å². The highest BCUT2D eigenvalue weighted by atomic mass is 16.5. The molecule has 0 radical (unpaired) electrons. The lowest BCUT2D eigenvalue weighted by molar-refractivity contribution is -0.120. The minimum atomic E-state index is -0.0904. The Hall–Kier alpha value is -1.55. The van der Waals surface area contributed by atoms with Crippen molar-refractivity contribution in [3.63, 3.8) is 0 Å².